The second-order valence-corrected chi connectivity index (χ2v) is 7.36. The molecule has 0 radical (unpaired) electrons. The van der Waals surface area contributed by atoms with Crippen LogP contribution in [-0.2, 0) is 11.0 Å². The Hall–Kier alpha value is -1.56. The quantitative estimate of drug-likeness (QED) is 0.473. The third kappa shape index (κ3) is 4.52. The summed E-state index contributed by atoms with van der Waals surface area (Å²) in [6.45, 7) is 7.55. The van der Waals surface area contributed by atoms with E-state index in [1.165, 1.54) is 12.1 Å². The van der Waals surface area contributed by atoms with Crippen LogP contribution in [0.15, 0.2) is 28.7 Å². The van der Waals surface area contributed by atoms with Crippen LogP contribution < -0.4 is 0 Å². The number of rotatable bonds is 5. The molecule has 0 heterocycles. The molecule has 0 saturated heterocycles. The predicted molar refractivity (Wildman–Crippen MR) is 82.4 cm³/mol. The van der Waals surface area contributed by atoms with Crippen molar-refractivity contribution in [3.05, 3.63) is 39.9 Å². The molecule has 1 atom stereocenters. The molecule has 0 N–H and O–H groups in total. The fourth-order valence-electron chi connectivity index (χ4n) is 1.52. The van der Waals surface area contributed by atoms with Gasteiger partial charge in [-0.05, 0) is 27.2 Å². The first kappa shape index (κ1) is 16.5. The molecule has 0 saturated carbocycles. The maximum atomic E-state index is 12.1. The fraction of sp³-hybridized carbons (Fsp3) is 0.500. The van der Waals surface area contributed by atoms with Gasteiger partial charge in [-0.3, -0.25) is 10.1 Å². The Labute approximate surface area is 121 Å². The summed E-state index contributed by atoms with van der Waals surface area (Å²) < 4.78 is 16.0. The monoisotopic (exact) mass is 296 g/mol. The Kier molecular flexibility index (Phi) is 5.56. The molecule has 110 valence electrons. The first-order valence-electron chi connectivity index (χ1n) is 6.50. The van der Waals surface area contributed by atoms with Crippen LogP contribution in [0.25, 0.3) is 0 Å². The van der Waals surface area contributed by atoms with Gasteiger partial charge in [0.25, 0.3) is 5.69 Å². The van der Waals surface area contributed by atoms with Crippen LogP contribution in [-0.4, -0.2) is 19.6 Å². The third-order valence-electron chi connectivity index (χ3n) is 2.59. The van der Waals surface area contributed by atoms with Gasteiger partial charge in [-0.25, -0.2) is 4.21 Å². The standard InChI is InChI=1S/C14H20N2O3S/c1-5-7-13(15-20(19)14(2,3)4)11-8-6-9-12(10-11)16(17)18/h6,8-10H,5,7H2,1-4H3/t20-/m1/s1. The SMILES string of the molecule is CCCC(=N[S@](=O)C(C)(C)C)c1cccc([N+](=O)[O-])c1. The van der Waals surface area contributed by atoms with Gasteiger partial charge in [0.15, 0.2) is 0 Å². The minimum absolute atomic E-state index is 0.0212. The molecule has 0 unspecified atom stereocenters. The van der Waals surface area contributed by atoms with Crippen molar-refractivity contribution in [2.45, 2.75) is 45.3 Å². The van der Waals surface area contributed by atoms with Crippen LogP contribution in [0.5, 0.6) is 0 Å². The van der Waals surface area contributed by atoms with Gasteiger partial charge >= 0.3 is 0 Å². The average molecular weight is 296 g/mol. The minimum atomic E-state index is -1.37. The molecule has 6 heteroatoms. The normalized spacial score (nSPS) is 14.1. The molecule has 0 aliphatic rings. The van der Waals surface area contributed by atoms with Gasteiger partial charge in [-0.15, -0.1) is 0 Å². The highest BCUT2D eigenvalue weighted by atomic mass is 32.2. The molecular weight excluding hydrogens is 276 g/mol. The summed E-state index contributed by atoms with van der Waals surface area (Å²) >= 11 is 0. The van der Waals surface area contributed by atoms with Crippen LogP contribution in [0.2, 0.25) is 0 Å². The van der Waals surface area contributed by atoms with Crippen molar-refractivity contribution in [2.24, 2.45) is 4.40 Å². The van der Waals surface area contributed by atoms with E-state index in [1.807, 2.05) is 27.7 Å². The van der Waals surface area contributed by atoms with Crippen molar-refractivity contribution in [2.75, 3.05) is 0 Å². The summed E-state index contributed by atoms with van der Waals surface area (Å²) in [5.41, 5.74) is 1.34. The molecule has 0 fully saturated rings. The molecule has 1 aromatic rings. The van der Waals surface area contributed by atoms with E-state index < -0.39 is 20.7 Å². The lowest BCUT2D eigenvalue weighted by Crippen LogP contribution is -2.21. The van der Waals surface area contributed by atoms with Crippen molar-refractivity contribution in [1.29, 1.82) is 0 Å². The number of non-ortho nitro benzene ring substituents is 1. The van der Waals surface area contributed by atoms with Gasteiger partial charge in [0, 0.05) is 17.7 Å². The summed E-state index contributed by atoms with van der Waals surface area (Å²) in [7, 11) is -1.37. The van der Waals surface area contributed by atoms with E-state index in [0.717, 1.165) is 6.42 Å². The minimum Gasteiger partial charge on any atom is -0.258 e. The van der Waals surface area contributed by atoms with Gasteiger partial charge in [0.1, 0.15) is 11.0 Å². The zero-order valence-electron chi connectivity index (χ0n) is 12.3. The van der Waals surface area contributed by atoms with Crippen LogP contribution in [0.4, 0.5) is 5.69 Å². The molecule has 0 amide bonds. The van der Waals surface area contributed by atoms with Crippen LogP contribution in [0.1, 0.15) is 46.1 Å². The van der Waals surface area contributed by atoms with Gasteiger partial charge in [-0.2, -0.15) is 4.40 Å². The number of nitro groups is 1. The highest BCUT2D eigenvalue weighted by molar-refractivity contribution is 7.85. The number of benzene rings is 1. The van der Waals surface area contributed by atoms with E-state index in [4.69, 9.17) is 0 Å². The topological polar surface area (TPSA) is 72.6 Å². The number of nitrogens with zero attached hydrogens (tertiary/aromatic N) is 2. The number of hydrogen-bond donors (Lipinski definition) is 0. The maximum Gasteiger partial charge on any atom is 0.270 e. The van der Waals surface area contributed by atoms with Crippen LogP contribution in [0, 0.1) is 10.1 Å². The second-order valence-electron chi connectivity index (χ2n) is 5.46. The van der Waals surface area contributed by atoms with Crippen molar-refractivity contribution >= 4 is 22.4 Å². The Balaban J connectivity index is 3.20. The van der Waals surface area contributed by atoms with Crippen LogP contribution >= 0.6 is 0 Å². The lowest BCUT2D eigenvalue weighted by atomic mass is 10.1. The van der Waals surface area contributed by atoms with Gasteiger partial charge in [0.2, 0.25) is 0 Å². The highest BCUT2D eigenvalue weighted by Gasteiger charge is 2.20. The Morgan fingerprint density at radius 2 is 2.05 bits per heavy atom. The van der Waals surface area contributed by atoms with Gasteiger partial charge in [-0.1, -0.05) is 25.5 Å². The van der Waals surface area contributed by atoms with Crippen LogP contribution in [0.3, 0.4) is 0 Å². The summed E-state index contributed by atoms with van der Waals surface area (Å²) in [5.74, 6) is 0. The summed E-state index contributed by atoms with van der Waals surface area (Å²) in [5, 5.41) is 10.8. The predicted octanol–water partition coefficient (Wildman–Crippen LogP) is 3.65. The molecular formula is C14H20N2O3S. The smallest absolute Gasteiger partial charge is 0.258 e. The van der Waals surface area contributed by atoms with E-state index in [-0.39, 0.29) is 5.69 Å². The Morgan fingerprint density at radius 1 is 1.40 bits per heavy atom. The van der Waals surface area contributed by atoms with E-state index >= 15 is 0 Å². The van der Waals surface area contributed by atoms with Crippen molar-refractivity contribution in [3.8, 4) is 0 Å². The largest absolute Gasteiger partial charge is 0.270 e. The highest BCUT2D eigenvalue weighted by Crippen LogP contribution is 2.19. The summed E-state index contributed by atoms with van der Waals surface area (Å²) in [6.07, 6.45) is 1.48. The van der Waals surface area contributed by atoms with Crippen molar-refractivity contribution in [3.63, 3.8) is 0 Å². The Morgan fingerprint density at radius 3 is 2.55 bits per heavy atom. The number of hydrogen-bond acceptors (Lipinski definition) is 3. The van der Waals surface area contributed by atoms with Gasteiger partial charge < -0.3 is 0 Å². The molecule has 20 heavy (non-hydrogen) atoms. The molecule has 0 aromatic heterocycles. The zero-order valence-corrected chi connectivity index (χ0v) is 13.1. The molecule has 1 rings (SSSR count). The van der Waals surface area contributed by atoms with E-state index in [0.29, 0.717) is 17.7 Å². The first-order chi connectivity index (χ1) is 9.25. The second kappa shape index (κ2) is 6.74. The molecule has 0 aliphatic carbocycles. The lowest BCUT2D eigenvalue weighted by Gasteiger charge is -2.15. The zero-order chi connectivity index (χ0) is 15.3. The molecule has 5 nitrogen and oxygen atoms in total. The van der Waals surface area contributed by atoms with E-state index in [2.05, 4.69) is 4.40 Å². The first-order valence-corrected chi connectivity index (χ1v) is 7.60. The molecule has 1 aromatic carbocycles. The Bertz CT molecular complexity index is 548. The summed E-state index contributed by atoms with van der Waals surface area (Å²) in [4.78, 5) is 10.4. The summed E-state index contributed by atoms with van der Waals surface area (Å²) in [6, 6.07) is 6.31. The average Bonchev–Trinajstić information content (AvgIpc) is 2.37. The van der Waals surface area contributed by atoms with Gasteiger partial charge in [0.05, 0.1) is 15.4 Å². The van der Waals surface area contributed by atoms with Crippen molar-refractivity contribution in [1.82, 2.24) is 0 Å². The van der Waals surface area contributed by atoms with Crippen molar-refractivity contribution < 1.29 is 9.13 Å². The number of nitro benzene ring substituents is 1. The van der Waals surface area contributed by atoms with E-state index in [1.54, 1.807) is 12.1 Å². The molecule has 0 spiro atoms. The third-order valence-corrected chi connectivity index (χ3v) is 4.03. The molecule has 0 bridgehead atoms. The molecule has 0 aliphatic heterocycles. The fourth-order valence-corrected chi connectivity index (χ4v) is 2.19. The lowest BCUT2D eigenvalue weighted by molar-refractivity contribution is -0.384. The maximum absolute atomic E-state index is 12.1. The van der Waals surface area contributed by atoms with E-state index in [9.17, 15) is 14.3 Å².